The fourth-order valence-corrected chi connectivity index (χ4v) is 6.88. The Morgan fingerprint density at radius 2 is 1.26 bits per heavy atom. The lowest BCUT2D eigenvalue weighted by atomic mass is 9.96. The van der Waals surface area contributed by atoms with E-state index < -0.39 is 187 Å². The van der Waals surface area contributed by atoms with Crippen molar-refractivity contribution in [3.8, 4) is 0 Å². The van der Waals surface area contributed by atoms with Crippen molar-refractivity contribution >= 4 is 11.8 Å². The molecule has 3 fully saturated rings. The first-order chi connectivity index (χ1) is 29.4. The van der Waals surface area contributed by atoms with Crippen LogP contribution in [0.15, 0.2) is 0 Å². The molecule has 13 unspecified atom stereocenters. The highest BCUT2D eigenvalue weighted by molar-refractivity contribution is 5.73. The van der Waals surface area contributed by atoms with E-state index in [4.69, 9.17) is 47.4 Å². The van der Waals surface area contributed by atoms with Crippen molar-refractivity contribution in [1.82, 2.24) is 10.6 Å². The van der Waals surface area contributed by atoms with Crippen LogP contribution in [-0.4, -0.2) is 274 Å². The number of amides is 2. The van der Waals surface area contributed by atoms with Crippen molar-refractivity contribution in [1.29, 1.82) is 0 Å². The van der Waals surface area contributed by atoms with Crippen molar-refractivity contribution < 1.29 is 123 Å². The summed E-state index contributed by atoms with van der Waals surface area (Å²) in [4.78, 5) is 23.7. The molecule has 3 saturated heterocycles. The molecular weight excluding hydrogens is 848 g/mol. The molecule has 0 aromatic carbocycles. The number of aliphatic hydroxyl groups excluding tert-OH is 13. The van der Waals surface area contributed by atoms with Crippen molar-refractivity contribution in [3.05, 3.63) is 0 Å². The number of rotatable bonds is 25. The zero-order valence-corrected chi connectivity index (χ0v) is 34.5. The molecule has 0 saturated carbocycles. The third kappa shape index (κ3) is 14.3. The zero-order chi connectivity index (χ0) is 46.4. The van der Waals surface area contributed by atoms with Gasteiger partial charge in [-0.05, 0) is 0 Å². The molecule has 3 heterocycles. The molecule has 364 valence electrons. The monoisotopic (exact) mass is 912 g/mol. The van der Waals surface area contributed by atoms with Crippen LogP contribution in [0.25, 0.3) is 0 Å². The Bertz CT molecular complexity index is 1310. The molecule has 0 spiro atoms. The van der Waals surface area contributed by atoms with Crippen LogP contribution in [0.4, 0.5) is 0 Å². The Morgan fingerprint density at radius 3 is 1.79 bits per heavy atom. The summed E-state index contributed by atoms with van der Waals surface area (Å²) in [6, 6.07) is -1.45. The average molecular weight is 913 g/mol. The number of ether oxygens (including phenoxy) is 10. The van der Waals surface area contributed by atoms with E-state index in [2.05, 4.69) is 10.6 Å². The van der Waals surface area contributed by atoms with Crippen LogP contribution >= 0.6 is 0 Å². The summed E-state index contributed by atoms with van der Waals surface area (Å²) in [5, 5.41) is 142. The quantitative estimate of drug-likeness (QED) is 0.0378. The van der Waals surface area contributed by atoms with Gasteiger partial charge in [-0.2, -0.15) is 0 Å². The Hall–Kier alpha value is -1.98. The molecule has 0 aliphatic carbocycles. The zero-order valence-electron chi connectivity index (χ0n) is 34.5. The van der Waals surface area contributed by atoms with E-state index in [0.29, 0.717) is 0 Å². The summed E-state index contributed by atoms with van der Waals surface area (Å²) in [7, 11) is 2.36. The normalized spacial score (nSPS) is 37.1. The van der Waals surface area contributed by atoms with Crippen molar-refractivity contribution in [2.45, 2.75) is 143 Å². The van der Waals surface area contributed by atoms with Gasteiger partial charge in [0, 0.05) is 34.6 Å². The van der Waals surface area contributed by atoms with Crippen molar-refractivity contribution in [2.24, 2.45) is 0 Å². The van der Waals surface area contributed by atoms with Crippen LogP contribution in [0.2, 0.25) is 0 Å². The van der Waals surface area contributed by atoms with Crippen LogP contribution < -0.4 is 10.6 Å². The molecule has 0 bridgehead atoms. The molecule has 3 aliphatic rings. The molecule has 0 aromatic heterocycles. The number of methoxy groups -OCH3 is 2. The summed E-state index contributed by atoms with van der Waals surface area (Å²) in [5.74, 6) is -1.27. The molecule has 27 nitrogen and oxygen atoms in total. The number of hydrogen-bond donors (Lipinski definition) is 15. The molecule has 27 heteroatoms. The SMILES string of the molecule is COCC(O)C(NC(C)=O)[C@@H](OCCO)OC1C(O)[C@H](O)C(CO)O[C@@H]1OCC1O[C@@H](O[C@H](C(O)CO)C(O)CNC(C)=O)C(O)C(O[C@H]2OC(CO)[C@@H](O)C(O)C2OC)[C@@H]1O. The van der Waals surface area contributed by atoms with Crippen LogP contribution in [0.1, 0.15) is 13.8 Å². The summed E-state index contributed by atoms with van der Waals surface area (Å²) < 4.78 is 56.5. The van der Waals surface area contributed by atoms with Crippen LogP contribution in [0.5, 0.6) is 0 Å². The molecule has 15 N–H and O–H groups in total. The summed E-state index contributed by atoms with van der Waals surface area (Å²) in [6.07, 6.45) is -35.7. The van der Waals surface area contributed by atoms with E-state index in [1.807, 2.05) is 0 Å². The summed E-state index contributed by atoms with van der Waals surface area (Å²) in [6.45, 7) is -3.27. The number of carbonyl (C=O) groups excluding carboxylic acids is 2. The second-order valence-electron chi connectivity index (χ2n) is 14.7. The molecule has 21 atom stereocenters. The van der Waals surface area contributed by atoms with Gasteiger partial charge in [-0.1, -0.05) is 0 Å². The Labute approximate surface area is 355 Å². The lowest BCUT2D eigenvalue weighted by Gasteiger charge is -2.48. The van der Waals surface area contributed by atoms with E-state index in [1.54, 1.807) is 0 Å². The number of aliphatic hydroxyl groups is 13. The van der Waals surface area contributed by atoms with Crippen LogP contribution in [0, 0.1) is 0 Å². The minimum atomic E-state index is -2.10. The Balaban J connectivity index is 2.03. The van der Waals surface area contributed by atoms with E-state index in [0.717, 1.165) is 21.0 Å². The van der Waals surface area contributed by atoms with E-state index in [1.165, 1.54) is 7.11 Å². The minimum Gasteiger partial charge on any atom is -0.394 e. The smallest absolute Gasteiger partial charge is 0.217 e. The number of carbonyl (C=O) groups is 2. The first-order valence-electron chi connectivity index (χ1n) is 19.6. The maximum atomic E-state index is 12.1. The predicted molar refractivity (Wildman–Crippen MR) is 198 cm³/mol. The van der Waals surface area contributed by atoms with Gasteiger partial charge in [0.25, 0.3) is 0 Å². The van der Waals surface area contributed by atoms with Gasteiger partial charge in [-0.3, -0.25) is 9.59 Å². The fourth-order valence-electron chi connectivity index (χ4n) is 6.88. The lowest BCUT2D eigenvalue weighted by Crippen LogP contribution is -2.66. The van der Waals surface area contributed by atoms with Gasteiger partial charge in [-0.15, -0.1) is 0 Å². The summed E-state index contributed by atoms with van der Waals surface area (Å²) >= 11 is 0. The average Bonchev–Trinajstić information content (AvgIpc) is 3.24. The van der Waals surface area contributed by atoms with E-state index >= 15 is 0 Å². The topological polar surface area (TPSA) is 413 Å². The number of hydrogen-bond acceptors (Lipinski definition) is 25. The Morgan fingerprint density at radius 1 is 0.661 bits per heavy atom. The van der Waals surface area contributed by atoms with Crippen LogP contribution in [0.3, 0.4) is 0 Å². The highest BCUT2D eigenvalue weighted by Crippen LogP contribution is 2.33. The van der Waals surface area contributed by atoms with Gasteiger partial charge in [0.15, 0.2) is 25.2 Å². The van der Waals surface area contributed by atoms with Gasteiger partial charge >= 0.3 is 0 Å². The largest absolute Gasteiger partial charge is 0.394 e. The summed E-state index contributed by atoms with van der Waals surface area (Å²) in [5.41, 5.74) is 0. The van der Waals surface area contributed by atoms with Crippen molar-refractivity contribution in [2.75, 3.05) is 67.0 Å². The lowest BCUT2D eigenvalue weighted by molar-refractivity contribution is -0.377. The predicted octanol–water partition coefficient (Wildman–Crippen LogP) is -9.80. The van der Waals surface area contributed by atoms with Gasteiger partial charge in [0.05, 0.1) is 46.2 Å². The van der Waals surface area contributed by atoms with Gasteiger partial charge in [-0.25, -0.2) is 0 Å². The molecule has 3 rings (SSSR count). The highest BCUT2D eigenvalue weighted by atomic mass is 16.8. The van der Waals surface area contributed by atoms with Crippen LogP contribution in [-0.2, 0) is 57.0 Å². The molecule has 0 radical (unpaired) electrons. The highest BCUT2D eigenvalue weighted by Gasteiger charge is 2.54. The minimum absolute atomic E-state index is 0.376. The van der Waals surface area contributed by atoms with Crippen molar-refractivity contribution in [3.63, 3.8) is 0 Å². The van der Waals surface area contributed by atoms with E-state index in [9.17, 15) is 76.0 Å². The first-order valence-corrected chi connectivity index (χ1v) is 19.6. The maximum absolute atomic E-state index is 12.1. The number of nitrogens with one attached hydrogen (secondary N) is 2. The van der Waals surface area contributed by atoms with E-state index in [-0.39, 0.29) is 6.61 Å². The standard InChI is InChI=1S/C35H64N2O25/c1-13(42)36-7-15(44)28(16(45)8-39)60-33-27(52)29(61-35-30(54-4)25(50)22(47)19(10-41)58-35)24(49)20(59-33)12-56-34-31(26(51)23(48)18(9-40)57-34)62-32(55-6-5-38)21(37-14(2)43)17(46)11-53-3/h15-35,38-41,44-52H,5-12H2,1-4H3,(H,36,42)(H,37,43)/t15?,16?,17?,18?,19?,20?,21?,22-,23-,24-,25?,26?,27?,28+,29?,30?,31?,32+,33+,34+,35-/m1/s1. The fraction of sp³-hybridized carbons (Fsp3) is 0.943. The molecule has 2 amide bonds. The molecule has 0 aromatic rings. The Kier molecular flexibility index (Phi) is 23.0. The maximum Gasteiger partial charge on any atom is 0.217 e. The second-order valence-corrected chi connectivity index (χ2v) is 14.7. The van der Waals surface area contributed by atoms with Gasteiger partial charge in [0.2, 0.25) is 11.8 Å². The third-order valence-electron chi connectivity index (χ3n) is 10.2. The van der Waals surface area contributed by atoms with Gasteiger partial charge in [0.1, 0.15) is 104 Å². The molecular formula is C35H64N2O25. The molecule has 3 aliphatic heterocycles. The van der Waals surface area contributed by atoms with Gasteiger partial charge < -0.3 is 124 Å². The second kappa shape index (κ2) is 26.2. The first kappa shape index (κ1) is 54.4. The molecule has 62 heavy (non-hydrogen) atoms. The third-order valence-corrected chi connectivity index (χ3v) is 10.2.